The van der Waals surface area contributed by atoms with Crippen molar-refractivity contribution in [2.45, 2.75) is 56.4 Å². The first-order valence-electron chi connectivity index (χ1n) is 8.13. The van der Waals surface area contributed by atoms with Crippen molar-refractivity contribution in [3.63, 3.8) is 0 Å². The molecule has 1 aromatic carbocycles. The van der Waals surface area contributed by atoms with Gasteiger partial charge in [-0.15, -0.1) is 0 Å². The van der Waals surface area contributed by atoms with Crippen molar-refractivity contribution in [1.82, 2.24) is 9.55 Å². The molecule has 2 aromatic rings. The van der Waals surface area contributed by atoms with Crippen molar-refractivity contribution < 1.29 is 4.79 Å². The minimum atomic E-state index is -0.268. The molecule has 0 radical (unpaired) electrons. The van der Waals surface area contributed by atoms with Crippen molar-refractivity contribution in [3.8, 4) is 5.69 Å². The normalized spacial score (nSPS) is 12.5. The molecule has 0 aliphatic carbocycles. The number of para-hydroxylation sites is 1. The molecule has 1 heterocycles. The third kappa shape index (κ3) is 4.38. The maximum absolute atomic E-state index is 11.7. The van der Waals surface area contributed by atoms with Gasteiger partial charge in [-0.3, -0.25) is 9.36 Å². The monoisotopic (exact) mass is 331 g/mol. The van der Waals surface area contributed by atoms with Gasteiger partial charge in [0.2, 0.25) is 5.91 Å². The van der Waals surface area contributed by atoms with E-state index in [1.165, 1.54) is 17.3 Å². The maximum atomic E-state index is 11.7. The molecule has 0 unspecified atom stereocenters. The molecule has 1 aromatic heterocycles. The van der Waals surface area contributed by atoms with Crippen molar-refractivity contribution in [3.05, 3.63) is 42.2 Å². The van der Waals surface area contributed by atoms with Crippen molar-refractivity contribution in [2.24, 2.45) is 5.73 Å². The maximum Gasteiger partial charge on any atom is 0.231 e. The summed E-state index contributed by atoms with van der Waals surface area (Å²) >= 11 is 1.46. The number of amides is 1. The number of rotatable bonds is 8. The molecule has 0 bridgehead atoms. The molecule has 0 saturated carbocycles. The average Bonchev–Trinajstić information content (AvgIpc) is 2.99. The Morgan fingerprint density at radius 1 is 1.35 bits per heavy atom. The summed E-state index contributed by atoms with van der Waals surface area (Å²) in [5, 5.41) is 0.584. The molecule has 4 nitrogen and oxygen atoms in total. The van der Waals surface area contributed by atoms with Crippen LogP contribution in [0, 0.1) is 0 Å². The van der Waals surface area contributed by atoms with Crippen LogP contribution in [0.15, 0.2) is 41.8 Å². The van der Waals surface area contributed by atoms with Gasteiger partial charge in [-0.05, 0) is 24.0 Å². The van der Waals surface area contributed by atoms with Crippen LogP contribution in [0.3, 0.4) is 0 Å². The summed E-state index contributed by atoms with van der Waals surface area (Å²) in [6.45, 7) is 6.47. The SMILES string of the molecule is CCCC[C@@H](Sc1nccn1-c1ccccc1C(C)C)C(N)=O. The number of primary amides is 1. The molecular formula is C18H25N3OS. The van der Waals surface area contributed by atoms with Crippen LogP contribution in [0.1, 0.15) is 51.5 Å². The summed E-state index contributed by atoms with van der Waals surface area (Å²) in [5.41, 5.74) is 7.94. The summed E-state index contributed by atoms with van der Waals surface area (Å²) < 4.78 is 2.06. The van der Waals surface area contributed by atoms with Crippen LogP contribution >= 0.6 is 11.8 Å². The molecule has 5 heteroatoms. The zero-order valence-electron chi connectivity index (χ0n) is 14.0. The second-order valence-electron chi connectivity index (χ2n) is 5.94. The van der Waals surface area contributed by atoms with Gasteiger partial charge in [0.1, 0.15) is 0 Å². The van der Waals surface area contributed by atoms with Crippen LogP contribution in [-0.4, -0.2) is 20.7 Å². The Morgan fingerprint density at radius 3 is 2.74 bits per heavy atom. The van der Waals surface area contributed by atoms with Crippen molar-refractivity contribution in [2.75, 3.05) is 0 Å². The van der Waals surface area contributed by atoms with E-state index in [9.17, 15) is 4.79 Å². The number of carbonyl (C=O) groups excluding carboxylic acids is 1. The van der Waals surface area contributed by atoms with Gasteiger partial charge in [-0.2, -0.15) is 0 Å². The first kappa shape index (κ1) is 17.6. The Kier molecular flexibility index (Phi) is 6.28. The summed E-state index contributed by atoms with van der Waals surface area (Å²) in [6, 6.07) is 8.30. The number of benzene rings is 1. The molecule has 23 heavy (non-hydrogen) atoms. The molecule has 0 spiro atoms. The summed E-state index contributed by atoms with van der Waals surface area (Å²) in [5.74, 6) is 0.147. The predicted octanol–water partition coefficient (Wildman–Crippen LogP) is 4.13. The van der Waals surface area contributed by atoms with Crippen LogP contribution < -0.4 is 5.73 Å². The molecule has 0 saturated heterocycles. The number of nitrogens with zero attached hydrogens (tertiary/aromatic N) is 2. The fourth-order valence-electron chi connectivity index (χ4n) is 2.53. The molecule has 2 rings (SSSR count). The average molecular weight is 331 g/mol. The highest BCUT2D eigenvalue weighted by Crippen LogP contribution is 2.30. The molecule has 1 atom stereocenters. The number of thioether (sulfide) groups is 1. The Balaban J connectivity index is 2.31. The minimum absolute atomic E-state index is 0.234. The van der Waals surface area contributed by atoms with Crippen LogP contribution in [0.4, 0.5) is 0 Å². The highest BCUT2D eigenvalue weighted by molar-refractivity contribution is 8.00. The topological polar surface area (TPSA) is 60.9 Å². The van der Waals surface area contributed by atoms with E-state index in [-0.39, 0.29) is 11.2 Å². The van der Waals surface area contributed by atoms with Crippen LogP contribution in [0.25, 0.3) is 5.69 Å². The number of imidazole rings is 1. The lowest BCUT2D eigenvalue weighted by atomic mass is 10.0. The fraction of sp³-hybridized carbons (Fsp3) is 0.444. The van der Waals surface area contributed by atoms with Gasteiger partial charge in [-0.25, -0.2) is 4.98 Å². The number of nitrogens with two attached hydrogens (primary N) is 1. The molecule has 1 amide bonds. The number of aromatic nitrogens is 2. The van der Waals surface area contributed by atoms with E-state index in [4.69, 9.17) is 5.73 Å². The highest BCUT2D eigenvalue weighted by atomic mass is 32.2. The van der Waals surface area contributed by atoms with E-state index >= 15 is 0 Å². The molecule has 0 aliphatic heterocycles. The number of hydrogen-bond donors (Lipinski definition) is 1. The Bertz CT molecular complexity index is 651. The predicted molar refractivity (Wildman–Crippen MR) is 96.0 cm³/mol. The second-order valence-corrected chi connectivity index (χ2v) is 7.11. The number of carbonyl (C=O) groups is 1. The smallest absolute Gasteiger partial charge is 0.231 e. The zero-order chi connectivity index (χ0) is 16.8. The number of hydrogen-bond acceptors (Lipinski definition) is 3. The molecule has 0 fully saturated rings. The van der Waals surface area contributed by atoms with Crippen LogP contribution in [0.2, 0.25) is 0 Å². The van der Waals surface area contributed by atoms with Crippen molar-refractivity contribution >= 4 is 17.7 Å². The zero-order valence-corrected chi connectivity index (χ0v) is 14.8. The Hall–Kier alpha value is -1.75. The highest BCUT2D eigenvalue weighted by Gasteiger charge is 2.20. The lowest BCUT2D eigenvalue weighted by Crippen LogP contribution is -2.26. The lowest BCUT2D eigenvalue weighted by Gasteiger charge is -2.17. The molecular weight excluding hydrogens is 306 g/mol. The first-order chi connectivity index (χ1) is 11.0. The van der Waals surface area contributed by atoms with E-state index in [0.717, 1.165) is 30.1 Å². The van der Waals surface area contributed by atoms with Gasteiger partial charge in [0.25, 0.3) is 0 Å². The summed E-state index contributed by atoms with van der Waals surface area (Å²) in [7, 11) is 0. The molecule has 0 aliphatic rings. The third-order valence-corrected chi connectivity index (χ3v) is 5.08. The molecule has 124 valence electrons. The van der Waals surface area contributed by atoms with E-state index in [0.29, 0.717) is 5.92 Å². The van der Waals surface area contributed by atoms with Crippen LogP contribution in [0.5, 0.6) is 0 Å². The fourth-order valence-corrected chi connectivity index (χ4v) is 3.58. The van der Waals surface area contributed by atoms with E-state index < -0.39 is 0 Å². The quantitative estimate of drug-likeness (QED) is 0.740. The lowest BCUT2D eigenvalue weighted by molar-refractivity contribution is -0.117. The number of unbranched alkanes of at least 4 members (excludes halogenated alkanes) is 1. The first-order valence-corrected chi connectivity index (χ1v) is 9.01. The van der Waals surface area contributed by atoms with Gasteiger partial charge in [0.15, 0.2) is 5.16 Å². The van der Waals surface area contributed by atoms with Gasteiger partial charge in [-0.1, -0.05) is 63.6 Å². The van der Waals surface area contributed by atoms with Gasteiger partial charge in [0.05, 0.1) is 10.9 Å². The van der Waals surface area contributed by atoms with E-state index in [1.807, 2.05) is 12.3 Å². The van der Waals surface area contributed by atoms with Gasteiger partial charge in [0, 0.05) is 12.4 Å². The summed E-state index contributed by atoms with van der Waals surface area (Å²) in [6.07, 6.45) is 6.55. The van der Waals surface area contributed by atoms with E-state index in [1.54, 1.807) is 6.20 Å². The largest absolute Gasteiger partial charge is 0.369 e. The minimum Gasteiger partial charge on any atom is -0.369 e. The Morgan fingerprint density at radius 2 is 2.09 bits per heavy atom. The van der Waals surface area contributed by atoms with Crippen LogP contribution in [-0.2, 0) is 4.79 Å². The third-order valence-electron chi connectivity index (χ3n) is 3.81. The Labute approximate surface area is 142 Å². The summed E-state index contributed by atoms with van der Waals surface area (Å²) in [4.78, 5) is 16.2. The standard InChI is InChI=1S/C18H25N3OS/c1-4-5-10-16(17(19)22)23-18-20-11-12-21(18)15-9-7-6-8-14(15)13(2)3/h6-9,11-13,16H,4-5,10H2,1-3H3,(H2,19,22)/t16-/m1/s1. The van der Waals surface area contributed by atoms with Crippen molar-refractivity contribution in [1.29, 1.82) is 0 Å². The van der Waals surface area contributed by atoms with Gasteiger partial charge < -0.3 is 5.73 Å². The van der Waals surface area contributed by atoms with Gasteiger partial charge >= 0.3 is 0 Å². The molecule has 2 N–H and O–H groups in total. The second kappa shape index (κ2) is 8.20. The van der Waals surface area contributed by atoms with E-state index in [2.05, 4.69) is 48.5 Å².